The molecule has 1 saturated carbocycles. The van der Waals surface area contributed by atoms with Crippen LogP contribution in [0.3, 0.4) is 0 Å². The highest BCUT2D eigenvalue weighted by Gasteiger charge is 2.44. The summed E-state index contributed by atoms with van der Waals surface area (Å²) in [6.45, 7) is 0. The van der Waals surface area contributed by atoms with Crippen LogP contribution in [0.1, 0.15) is 17.9 Å². The summed E-state index contributed by atoms with van der Waals surface area (Å²) in [5.41, 5.74) is 2.67. The minimum absolute atomic E-state index is 0.000999. The molecule has 3 aromatic rings. The molecule has 0 aliphatic heterocycles. The minimum atomic E-state index is -0.0233. The van der Waals surface area contributed by atoms with Crippen molar-refractivity contribution in [2.75, 3.05) is 12.4 Å². The molecule has 1 heterocycles. The van der Waals surface area contributed by atoms with Crippen LogP contribution in [0.4, 0.5) is 5.13 Å². The van der Waals surface area contributed by atoms with E-state index in [9.17, 15) is 4.79 Å². The number of carbonyl (C=O) groups excluding carboxylic acids is 1. The predicted molar refractivity (Wildman–Crippen MR) is 110 cm³/mol. The van der Waals surface area contributed by atoms with Gasteiger partial charge in [-0.15, -0.1) is 11.3 Å². The summed E-state index contributed by atoms with van der Waals surface area (Å²) in [6.07, 6.45) is 0.847. The number of carbonyl (C=O) groups is 1. The van der Waals surface area contributed by atoms with Gasteiger partial charge in [-0.3, -0.25) is 4.79 Å². The second kappa shape index (κ2) is 7.50. The van der Waals surface area contributed by atoms with E-state index in [1.54, 1.807) is 19.2 Å². The third-order valence-electron chi connectivity index (χ3n) is 4.61. The van der Waals surface area contributed by atoms with Crippen LogP contribution in [0, 0.1) is 5.92 Å². The third kappa shape index (κ3) is 3.95. The molecule has 1 N–H and O–H groups in total. The van der Waals surface area contributed by atoms with Crippen molar-refractivity contribution >= 4 is 45.6 Å². The van der Waals surface area contributed by atoms with Gasteiger partial charge in [-0.25, -0.2) is 4.98 Å². The number of amides is 1. The predicted octanol–water partition coefficient (Wildman–Crippen LogP) is 5.87. The average molecular weight is 419 g/mol. The normalized spacial score (nSPS) is 18.2. The van der Waals surface area contributed by atoms with Crippen LogP contribution in [0.5, 0.6) is 5.75 Å². The lowest BCUT2D eigenvalue weighted by Gasteiger charge is -2.04. The maximum atomic E-state index is 12.5. The van der Waals surface area contributed by atoms with E-state index in [4.69, 9.17) is 27.9 Å². The fourth-order valence-corrected chi connectivity index (χ4v) is 4.27. The monoisotopic (exact) mass is 418 g/mol. The number of methoxy groups -OCH3 is 1. The van der Waals surface area contributed by atoms with E-state index < -0.39 is 0 Å². The Balaban J connectivity index is 1.41. The molecule has 7 heteroatoms. The number of thiazole rings is 1. The van der Waals surface area contributed by atoms with Crippen molar-refractivity contribution in [3.05, 3.63) is 63.5 Å². The molecule has 4 nitrogen and oxygen atoms in total. The number of hydrogen-bond acceptors (Lipinski definition) is 4. The molecule has 1 aliphatic rings. The van der Waals surface area contributed by atoms with Gasteiger partial charge < -0.3 is 10.1 Å². The number of halogens is 2. The van der Waals surface area contributed by atoms with Gasteiger partial charge in [0.1, 0.15) is 5.75 Å². The van der Waals surface area contributed by atoms with Crippen LogP contribution >= 0.6 is 34.5 Å². The van der Waals surface area contributed by atoms with Crippen LogP contribution in [0.25, 0.3) is 11.3 Å². The molecular formula is C20H16Cl2N2O2S. The highest BCUT2D eigenvalue weighted by atomic mass is 35.5. The first-order chi connectivity index (χ1) is 13.0. The first kappa shape index (κ1) is 18.3. The lowest BCUT2D eigenvalue weighted by atomic mass is 10.1. The lowest BCUT2D eigenvalue weighted by molar-refractivity contribution is -0.117. The summed E-state index contributed by atoms with van der Waals surface area (Å²) in [5.74, 6) is 1.04. The maximum Gasteiger partial charge on any atom is 0.229 e. The van der Waals surface area contributed by atoms with Gasteiger partial charge >= 0.3 is 0 Å². The van der Waals surface area contributed by atoms with Crippen molar-refractivity contribution in [1.29, 1.82) is 0 Å². The van der Waals surface area contributed by atoms with E-state index in [1.807, 2.05) is 35.7 Å². The molecule has 1 amide bonds. The Hall–Kier alpha value is -2.08. The smallest absolute Gasteiger partial charge is 0.229 e. The topological polar surface area (TPSA) is 51.2 Å². The molecule has 0 bridgehead atoms. The quantitative estimate of drug-likeness (QED) is 0.563. The first-order valence-corrected chi connectivity index (χ1v) is 10.0. The molecular weight excluding hydrogens is 403 g/mol. The van der Waals surface area contributed by atoms with Gasteiger partial charge in [0, 0.05) is 21.9 Å². The second-order valence-corrected chi connectivity index (χ2v) is 8.07. The number of nitrogens with one attached hydrogen (secondary N) is 1. The maximum absolute atomic E-state index is 12.5. The Labute approximate surface area is 171 Å². The Kier molecular flexibility index (Phi) is 5.08. The van der Waals surface area contributed by atoms with E-state index in [0.717, 1.165) is 29.0 Å². The third-order valence-corrected chi connectivity index (χ3v) is 5.92. The van der Waals surface area contributed by atoms with Crippen molar-refractivity contribution in [3.63, 3.8) is 0 Å². The van der Waals surface area contributed by atoms with Crippen molar-refractivity contribution in [2.45, 2.75) is 12.3 Å². The Bertz CT molecular complexity index is 988. The van der Waals surface area contributed by atoms with Crippen LogP contribution < -0.4 is 10.1 Å². The first-order valence-electron chi connectivity index (χ1n) is 8.41. The molecule has 2 aromatic carbocycles. The molecule has 1 aromatic heterocycles. The summed E-state index contributed by atoms with van der Waals surface area (Å²) >= 11 is 13.5. The molecule has 0 radical (unpaired) electrons. The number of aromatic nitrogens is 1. The number of rotatable bonds is 5. The number of ether oxygens (including phenoxy) is 1. The van der Waals surface area contributed by atoms with Gasteiger partial charge in [0.25, 0.3) is 0 Å². The highest BCUT2D eigenvalue weighted by molar-refractivity contribution is 7.14. The zero-order valence-electron chi connectivity index (χ0n) is 14.4. The highest BCUT2D eigenvalue weighted by Crippen LogP contribution is 2.48. The summed E-state index contributed by atoms with van der Waals surface area (Å²) in [7, 11) is 1.64. The fraction of sp³-hybridized carbons (Fsp3) is 0.200. The van der Waals surface area contributed by atoms with Gasteiger partial charge in [0.15, 0.2) is 5.13 Å². The van der Waals surface area contributed by atoms with Crippen LogP contribution in [-0.2, 0) is 4.79 Å². The van der Waals surface area contributed by atoms with Crippen molar-refractivity contribution < 1.29 is 9.53 Å². The minimum Gasteiger partial charge on any atom is -0.497 e. The largest absolute Gasteiger partial charge is 0.497 e. The van der Waals surface area contributed by atoms with Crippen LogP contribution in [-0.4, -0.2) is 18.0 Å². The van der Waals surface area contributed by atoms with Crippen LogP contribution in [0.2, 0.25) is 10.0 Å². The number of hydrogen-bond donors (Lipinski definition) is 1. The Morgan fingerprint density at radius 3 is 2.70 bits per heavy atom. The molecule has 4 rings (SSSR count). The van der Waals surface area contributed by atoms with Gasteiger partial charge in [-0.1, -0.05) is 35.3 Å². The molecule has 1 fully saturated rings. The standard InChI is InChI=1S/C20H16Cl2N2O2S/c1-26-13-5-2-11(3-6-13)15-9-16(15)19(25)24-20-23-18(10-27-20)14-7-4-12(21)8-17(14)22/h2-8,10,15-16H,9H2,1H3,(H,23,24,25). The zero-order chi connectivity index (χ0) is 19.0. The van der Waals surface area contributed by atoms with Gasteiger partial charge in [-0.2, -0.15) is 0 Å². The summed E-state index contributed by atoms with van der Waals surface area (Å²) in [4.78, 5) is 17.0. The van der Waals surface area contributed by atoms with E-state index in [2.05, 4.69) is 10.3 Å². The number of nitrogens with zero attached hydrogens (tertiary/aromatic N) is 1. The summed E-state index contributed by atoms with van der Waals surface area (Å²) in [6, 6.07) is 13.1. The molecule has 2 unspecified atom stereocenters. The van der Waals surface area contributed by atoms with E-state index in [1.165, 1.54) is 11.3 Å². The van der Waals surface area contributed by atoms with E-state index in [-0.39, 0.29) is 17.7 Å². The van der Waals surface area contributed by atoms with Gasteiger partial charge in [-0.05, 0) is 48.2 Å². The lowest BCUT2D eigenvalue weighted by Crippen LogP contribution is -2.14. The van der Waals surface area contributed by atoms with Crippen molar-refractivity contribution in [1.82, 2.24) is 4.98 Å². The zero-order valence-corrected chi connectivity index (χ0v) is 16.7. The number of anilines is 1. The molecule has 27 heavy (non-hydrogen) atoms. The Morgan fingerprint density at radius 2 is 2.00 bits per heavy atom. The SMILES string of the molecule is COc1ccc(C2CC2C(=O)Nc2nc(-c3ccc(Cl)cc3Cl)cs2)cc1. The van der Waals surface area contributed by atoms with E-state index in [0.29, 0.717) is 15.2 Å². The second-order valence-electron chi connectivity index (χ2n) is 6.37. The van der Waals surface area contributed by atoms with Gasteiger partial charge in [0.2, 0.25) is 5.91 Å². The summed E-state index contributed by atoms with van der Waals surface area (Å²) in [5, 5.41) is 6.48. The molecule has 2 atom stereocenters. The number of benzene rings is 2. The molecule has 0 spiro atoms. The average Bonchev–Trinajstić information content (AvgIpc) is 3.35. The van der Waals surface area contributed by atoms with E-state index >= 15 is 0 Å². The fourth-order valence-electron chi connectivity index (χ4n) is 3.05. The van der Waals surface area contributed by atoms with Crippen molar-refractivity contribution in [2.24, 2.45) is 5.92 Å². The van der Waals surface area contributed by atoms with Gasteiger partial charge in [0.05, 0.1) is 17.8 Å². The molecule has 0 saturated heterocycles. The van der Waals surface area contributed by atoms with Crippen LogP contribution in [0.15, 0.2) is 47.8 Å². The molecule has 138 valence electrons. The van der Waals surface area contributed by atoms with Crippen molar-refractivity contribution in [3.8, 4) is 17.0 Å². The Morgan fingerprint density at radius 1 is 1.22 bits per heavy atom. The summed E-state index contributed by atoms with van der Waals surface area (Å²) < 4.78 is 5.17. The molecule has 1 aliphatic carbocycles.